The van der Waals surface area contributed by atoms with E-state index < -0.39 is 6.23 Å². The van der Waals surface area contributed by atoms with E-state index in [0.29, 0.717) is 22.5 Å². The molecular weight excluding hydrogens is 444 g/mol. The van der Waals surface area contributed by atoms with E-state index >= 15 is 0 Å². The van der Waals surface area contributed by atoms with Crippen LogP contribution in [-0.2, 0) is 5.75 Å². The van der Waals surface area contributed by atoms with Gasteiger partial charge in [-0.25, -0.2) is 0 Å². The molecule has 0 saturated heterocycles. The summed E-state index contributed by atoms with van der Waals surface area (Å²) in [5, 5.41) is 13.5. The average Bonchev–Trinajstić information content (AvgIpc) is 3.00. The van der Waals surface area contributed by atoms with Gasteiger partial charge in [-0.1, -0.05) is 59.8 Å². The van der Waals surface area contributed by atoms with Crippen molar-refractivity contribution < 1.29 is 9.47 Å². The maximum atomic E-state index is 6.31. The minimum atomic E-state index is -0.443. The number of para-hydroxylation sites is 1. The molecule has 32 heavy (non-hydrogen) atoms. The topological polar surface area (TPSA) is 69.2 Å². The van der Waals surface area contributed by atoms with Gasteiger partial charge in [0.05, 0.1) is 7.11 Å². The zero-order valence-electron chi connectivity index (χ0n) is 17.2. The number of halogens is 1. The zero-order valence-corrected chi connectivity index (χ0v) is 18.7. The number of methoxy groups -OCH3 is 1. The normalized spacial score (nSPS) is 14.4. The number of hydrogen-bond donors (Lipinski definition) is 1. The molecule has 0 unspecified atom stereocenters. The van der Waals surface area contributed by atoms with Gasteiger partial charge >= 0.3 is 0 Å². The van der Waals surface area contributed by atoms with Crippen molar-refractivity contribution in [3.05, 3.63) is 88.9 Å². The number of anilines is 1. The van der Waals surface area contributed by atoms with E-state index in [1.54, 1.807) is 7.11 Å². The Morgan fingerprint density at radius 3 is 2.59 bits per heavy atom. The van der Waals surface area contributed by atoms with E-state index in [-0.39, 0.29) is 0 Å². The zero-order chi connectivity index (χ0) is 21.9. The summed E-state index contributed by atoms with van der Waals surface area (Å²) in [5.41, 5.74) is 4.35. The van der Waals surface area contributed by atoms with Crippen molar-refractivity contribution in [1.29, 1.82) is 0 Å². The molecular formula is C24H19ClN4O2S. The quantitative estimate of drug-likeness (QED) is 0.365. The maximum absolute atomic E-state index is 6.31. The van der Waals surface area contributed by atoms with Gasteiger partial charge in [-0.3, -0.25) is 0 Å². The van der Waals surface area contributed by atoms with Gasteiger partial charge in [0, 0.05) is 27.6 Å². The van der Waals surface area contributed by atoms with Crippen LogP contribution in [0.1, 0.15) is 17.4 Å². The van der Waals surface area contributed by atoms with Gasteiger partial charge in [-0.05, 0) is 42.0 Å². The summed E-state index contributed by atoms with van der Waals surface area (Å²) in [6.07, 6.45) is -0.443. The molecule has 1 N–H and O–H groups in total. The molecule has 4 aromatic rings. The van der Waals surface area contributed by atoms with Crippen LogP contribution in [0.25, 0.3) is 11.3 Å². The van der Waals surface area contributed by atoms with Crippen molar-refractivity contribution in [3.63, 3.8) is 0 Å². The number of nitrogens with zero attached hydrogens (tertiary/aromatic N) is 3. The van der Waals surface area contributed by atoms with Crippen LogP contribution in [0.3, 0.4) is 0 Å². The molecule has 160 valence electrons. The van der Waals surface area contributed by atoms with Crippen LogP contribution in [0.4, 0.5) is 5.69 Å². The molecule has 0 radical (unpaired) electrons. The van der Waals surface area contributed by atoms with Crippen molar-refractivity contribution in [1.82, 2.24) is 15.2 Å². The molecule has 1 aliphatic heterocycles. The lowest BCUT2D eigenvalue weighted by Gasteiger charge is -2.19. The summed E-state index contributed by atoms with van der Waals surface area (Å²) in [6, 6.07) is 23.4. The van der Waals surface area contributed by atoms with Crippen molar-refractivity contribution >= 4 is 29.1 Å². The third kappa shape index (κ3) is 4.22. The molecule has 0 amide bonds. The van der Waals surface area contributed by atoms with E-state index in [0.717, 1.165) is 33.1 Å². The molecule has 0 aliphatic carbocycles. The van der Waals surface area contributed by atoms with Gasteiger partial charge in [-0.15, -0.1) is 10.2 Å². The molecule has 1 atom stereocenters. The summed E-state index contributed by atoms with van der Waals surface area (Å²) >= 11 is 7.74. The third-order valence-electron chi connectivity index (χ3n) is 5.07. The van der Waals surface area contributed by atoms with E-state index in [4.69, 9.17) is 21.1 Å². The van der Waals surface area contributed by atoms with Crippen molar-refractivity contribution in [2.45, 2.75) is 17.1 Å². The molecule has 6 nitrogen and oxygen atoms in total. The van der Waals surface area contributed by atoms with Crippen LogP contribution in [0.2, 0.25) is 5.02 Å². The number of aromatic nitrogens is 3. The Bertz CT molecular complexity index is 1250. The predicted octanol–water partition coefficient (Wildman–Crippen LogP) is 6.00. The molecule has 8 heteroatoms. The summed E-state index contributed by atoms with van der Waals surface area (Å²) in [7, 11) is 1.65. The summed E-state index contributed by atoms with van der Waals surface area (Å²) < 4.78 is 11.6. The molecule has 5 rings (SSSR count). The van der Waals surface area contributed by atoms with Crippen LogP contribution in [0.15, 0.2) is 78.0 Å². The lowest BCUT2D eigenvalue weighted by Crippen LogP contribution is -2.17. The molecule has 2 heterocycles. The number of nitrogens with one attached hydrogen (secondary N) is 1. The van der Waals surface area contributed by atoms with Gasteiger partial charge in [0.2, 0.25) is 11.0 Å². The minimum Gasteiger partial charge on any atom is -0.497 e. The highest BCUT2D eigenvalue weighted by Gasteiger charge is 2.26. The second-order valence-corrected chi connectivity index (χ2v) is 8.44. The Morgan fingerprint density at radius 1 is 1.00 bits per heavy atom. The van der Waals surface area contributed by atoms with Gasteiger partial charge in [0.15, 0.2) is 11.9 Å². The van der Waals surface area contributed by atoms with Crippen molar-refractivity contribution in [3.8, 4) is 22.9 Å². The largest absolute Gasteiger partial charge is 0.497 e. The average molecular weight is 463 g/mol. The van der Waals surface area contributed by atoms with E-state index in [9.17, 15) is 0 Å². The third-order valence-corrected chi connectivity index (χ3v) is 6.32. The summed E-state index contributed by atoms with van der Waals surface area (Å²) in [5.74, 6) is 1.85. The molecule has 0 fully saturated rings. The minimum absolute atomic E-state index is 0.430. The van der Waals surface area contributed by atoms with Crippen LogP contribution < -0.4 is 14.8 Å². The lowest BCUT2D eigenvalue weighted by molar-refractivity contribution is 0.225. The number of rotatable bonds is 5. The highest BCUT2D eigenvalue weighted by Crippen LogP contribution is 2.39. The number of hydrogen-bond acceptors (Lipinski definition) is 7. The van der Waals surface area contributed by atoms with Gasteiger partial charge in [0.1, 0.15) is 5.75 Å². The molecule has 3 aromatic carbocycles. The number of fused-ring (bicyclic) bond motifs is 3. The highest BCUT2D eigenvalue weighted by atomic mass is 35.5. The first kappa shape index (κ1) is 20.6. The van der Waals surface area contributed by atoms with Crippen LogP contribution in [0.5, 0.6) is 11.6 Å². The van der Waals surface area contributed by atoms with E-state index in [2.05, 4.69) is 20.5 Å². The predicted molar refractivity (Wildman–Crippen MR) is 126 cm³/mol. The fourth-order valence-electron chi connectivity index (χ4n) is 3.40. The first-order valence-corrected chi connectivity index (χ1v) is 11.3. The number of ether oxygens (including phenoxy) is 2. The molecule has 1 aromatic heterocycles. The Labute approximate surface area is 195 Å². The van der Waals surface area contributed by atoms with Gasteiger partial charge in [0.25, 0.3) is 0 Å². The van der Waals surface area contributed by atoms with Crippen LogP contribution in [0, 0.1) is 0 Å². The van der Waals surface area contributed by atoms with Crippen LogP contribution in [-0.4, -0.2) is 22.3 Å². The SMILES string of the molecule is COc1ccc([C@H]2Nc3ccccc3-c3nnc(SCc4ccccc4Cl)nc3O2)cc1. The van der Waals surface area contributed by atoms with Crippen molar-refractivity contribution in [2.24, 2.45) is 0 Å². The molecule has 0 bridgehead atoms. The van der Waals surface area contributed by atoms with Crippen LogP contribution >= 0.6 is 23.4 Å². The number of thioether (sulfide) groups is 1. The molecule has 0 saturated carbocycles. The smallest absolute Gasteiger partial charge is 0.247 e. The van der Waals surface area contributed by atoms with Gasteiger partial charge < -0.3 is 14.8 Å². The maximum Gasteiger partial charge on any atom is 0.247 e. The highest BCUT2D eigenvalue weighted by molar-refractivity contribution is 7.98. The Morgan fingerprint density at radius 2 is 1.78 bits per heavy atom. The lowest BCUT2D eigenvalue weighted by atomic mass is 10.1. The standard InChI is InChI=1S/C24H19ClN4O2S/c1-30-17-12-10-15(11-13-17)22-26-20-9-5-3-7-18(20)21-23(31-22)27-24(29-28-21)32-14-16-6-2-4-8-19(16)25/h2-13,22,26H,14H2,1H3/t22-/m0/s1. The van der Waals surface area contributed by atoms with Crippen molar-refractivity contribution in [2.75, 3.05) is 12.4 Å². The monoisotopic (exact) mass is 462 g/mol. The fraction of sp³-hybridized carbons (Fsp3) is 0.125. The molecule has 0 spiro atoms. The number of benzene rings is 3. The van der Waals surface area contributed by atoms with E-state index in [1.165, 1.54) is 11.8 Å². The Kier molecular flexibility index (Phi) is 5.83. The first-order chi connectivity index (χ1) is 15.7. The molecule has 1 aliphatic rings. The second kappa shape index (κ2) is 9.06. The summed E-state index contributed by atoms with van der Waals surface area (Å²) in [4.78, 5) is 4.69. The second-order valence-electron chi connectivity index (χ2n) is 7.09. The Hall–Kier alpha value is -3.29. The fourth-order valence-corrected chi connectivity index (χ4v) is 4.46. The Balaban J connectivity index is 1.48. The van der Waals surface area contributed by atoms with Gasteiger partial charge in [-0.2, -0.15) is 4.98 Å². The summed E-state index contributed by atoms with van der Waals surface area (Å²) in [6.45, 7) is 0. The van der Waals surface area contributed by atoms with E-state index in [1.807, 2.05) is 72.8 Å². The first-order valence-electron chi connectivity index (χ1n) is 9.99.